The summed E-state index contributed by atoms with van der Waals surface area (Å²) in [6.45, 7) is 2.13. The molecule has 1 aromatic heterocycles. The van der Waals surface area contributed by atoms with Crippen molar-refractivity contribution in [2.24, 2.45) is 5.92 Å². The van der Waals surface area contributed by atoms with Gasteiger partial charge in [-0.1, -0.05) is 49.4 Å². The van der Waals surface area contributed by atoms with Gasteiger partial charge in [-0.15, -0.1) is 0 Å². The molecule has 1 aromatic rings. The van der Waals surface area contributed by atoms with E-state index in [4.69, 9.17) is 23.2 Å². The minimum absolute atomic E-state index is 0.0361. The standard InChI is InChI=1S/C18H27Cl2N3O3S/c1-2-12-5-3-4-6-16(12)22-27(25,26)14-9-7-13(8-10-14)23-18(24)17(20)15(19)11-21-23/h11-14,16,22H,2-10H2,1H3. The maximum atomic E-state index is 12.9. The Balaban J connectivity index is 1.64. The summed E-state index contributed by atoms with van der Waals surface area (Å²) in [5.41, 5.74) is -0.415. The summed E-state index contributed by atoms with van der Waals surface area (Å²) in [6, 6.07) is -0.0809. The molecule has 1 N–H and O–H groups in total. The molecule has 1 heterocycles. The first-order chi connectivity index (χ1) is 12.8. The van der Waals surface area contributed by atoms with Crippen LogP contribution in [0.15, 0.2) is 11.0 Å². The van der Waals surface area contributed by atoms with Crippen LogP contribution in [0.3, 0.4) is 0 Å². The summed E-state index contributed by atoms with van der Waals surface area (Å²) in [5.74, 6) is 0.434. The normalized spacial score (nSPS) is 29.6. The van der Waals surface area contributed by atoms with E-state index < -0.39 is 20.8 Å². The van der Waals surface area contributed by atoms with Crippen molar-refractivity contribution >= 4 is 33.2 Å². The Bertz CT molecular complexity index is 820. The van der Waals surface area contributed by atoms with E-state index in [1.165, 1.54) is 17.3 Å². The summed E-state index contributed by atoms with van der Waals surface area (Å²) in [7, 11) is -3.36. The molecule has 0 amide bonds. The van der Waals surface area contributed by atoms with Crippen LogP contribution in [0.4, 0.5) is 0 Å². The van der Waals surface area contributed by atoms with Gasteiger partial charge in [-0.25, -0.2) is 17.8 Å². The van der Waals surface area contributed by atoms with Gasteiger partial charge in [-0.05, 0) is 44.4 Å². The first-order valence-electron chi connectivity index (χ1n) is 9.77. The van der Waals surface area contributed by atoms with E-state index in [-0.39, 0.29) is 22.1 Å². The number of hydrogen-bond acceptors (Lipinski definition) is 4. The molecule has 2 aliphatic carbocycles. The summed E-state index contributed by atoms with van der Waals surface area (Å²) in [4.78, 5) is 12.3. The molecule has 2 saturated carbocycles. The van der Waals surface area contributed by atoms with Crippen molar-refractivity contribution in [1.29, 1.82) is 0 Å². The highest BCUT2D eigenvalue weighted by Crippen LogP contribution is 2.33. The minimum Gasteiger partial charge on any atom is -0.266 e. The average molecular weight is 436 g/mol. The van der Waals surface area contributed by atoms with Crippen LogP contribution in [0.2, 0.25) is 10.0 Å². The van der Waals surface area contributed by atoms with Crippen LogP contribution >= 0.6 is 23.2 Å². The molecule has 0 saturated heterocycles. The van der Waals surface area contributed by atoms with Gasteiger partial charge < -0.3 is 0 Å². The molecule has 2 unspecified atom stereocenters. The van der Waals surface area contributed by atoms with Crippen molar-refractivity contribution in [2.75, 3.05) is 0 Å². The van der Waals surface area contributed by atoms with Crippen LogP contribution in [0.25, 0.3) is 0 Å². The molecule has 2 fully saturated rings. The number of nitrogens with one attached hydrogen (secondary N) is 1. The zero-order chi connectivity index (χ0) is 19.6. The van der Waals surface area contributed by atoms with Gasteiger partial charge in [0.1, 0.15) is 5.02 Å². The number of rotatable bonds is 5. The predicted molar refractivity (Wildman–Crippen MR) is 108 cm³/mol. The second kappa shape index (κ2) is 8.80. The van der Waals surface area contributed by atoms with Crippen LogP contribution in [0.1, 0.15) is 70.8 Å². The van der Waals surface area contributed by atoms with E-state index in [0.29, 0.717) is 31.6 Å². The Morgan fingerprint density at radius 2 is 1.81 bits per heavy atom. The summed E-state index contributed by atoms with van der Waals surface area (Å²) < 4.78 is 30.1. The van der Waals surface area contributed by atoms with Crippen molar-refractivity contribution in [1.82, 2.24) is 14.5 Å². The van der Waals surface area contributed by atoms with Crippen molar-refractivity contribution in [3.05, 3.63) is 26.6 Å². The van der Waals surface area contributed by atoms with Gasteiger partial charge in [0, 0.05) is 6.04 Å². The molecular formula is C18H27Cl2N3O3S. The van der Waals surface area contributed by atoms with Gasteiger partial charge >= 0.3 is 0 Å². The van der Waals surface area contributed by atoms with Crippen molar-refractivity contribution in [3.8, 4) is 0 Å². The monoisotopic (exact) mass is 435 g/mol. The average Bonchev–Trinajstić information content (AvgIpc) is 2.66. The van der Waals surface area contributed by atoms with Crippen molar-refractivity contribution in [2.45, 2.75) is 82.0 Å². The Morgan fingerprint density at radius 3 is 2.48 bits per heavy atom. The first-order valence-corrected chi connectivity index (χ1v) is 12.1. The van der Waals surface area contributed by atoms with Crippen LogP contribution in [-0.2, 0) is 10.0 Å². The van der Waals surface area contributed by atoms with Gasteiger partial charge in [0.25, 0.3) is 5.56 Å². The fourth-order valence-corrected chi connectivity index (χ4v) is 6.52. The number of nitrogens with zero attached hydrogens (tertiary/aromatic N) is 2. The second-order valence-corrected chi connectivity index (χ2v) is 10.5. The van der Waals surface area contributed by atoms with Crippen LogP contribution in [0, 0.1) is 5.92 Å². The molecular weight excluding hydrogens is 409 g/mol. The third-order valence-corrected chi connectivity index (χ3v) is 8.81. The molecule has 0 bridgehead atoms. The number of halogens is 2. The van der Waals surface area contributed by atoms with E-state index in [9.17, 15) is 13.2 Å². The number of sulfonamides is 1. The highest BCUT2D eigenvalue weighted by molar-refractivity contribution is 7.90. The Labute approximate surface area is 170 Å². The highest BCUT2D eigenvalue weighted by Gasteiger charge is 2.35. The van der Waals surface area contributed by atoms with Crippen LogP contribution in [0.5, 0.6) is 0 Å². The molecule has 0 aliphatic heterocycles. The van der Waals surface area contributed by atoms with Crippen molar-refractivity contribution < 1.29 is 8.42 Å². The van der Waals surface area contributed by atoms with E-state index in [1.54, 1.807) is 0 Å². The topological polar surface area (TPSA) is 81.1 Å². The molecule has 6 nitrogen and oxygen atoms in total. The third kappa shape index (κ3) is 4.69. The van der Waals surface area contributed by atoms with E-state index in [2.05, 4.69) is 16.7 Å². The summed E-state index contributed by atoms with van der Waals surface area (Å²) in [6.07, 6.45) is 8.86. The highest BCUT2D eigenvalue weighted by atomic mass is 35.5. The molecule has 0 radical (unpaired) electrons. The summed E-state index contributed by atoms with van der Waals surface area (Å²) >= 11 is 11.8. The summed E-state index contributed by atoms with van der Waals surface area (Å²) in [5, 5.41) is 3.78. The zero-order valence-electron chi connectivity index (χ0n) is 15.5. The predicted octanol–water partition coefficient (Wildman–Crippen LogP) is 3.92. The Morgan fingerprint density at radius 1 is 1.15 bits per heavy atom. The SMILES string of the molecule is CCC1CCCCC1NS(=O)(=O)C1CCC(n2ncc(Cl)c(Cl)c2=O)CC1. The van der Waals surface area contributed by atoms with Crippen LogP contribution < -0.4 is 10.3 Å². The largest absolute Gasteiger partial charge is 0.287 e. The maximum Gasteiger partial charge on any atom is 0.287 e. The molecule has 2 aliphatic rings. The lowest BCUT2D eigenvalue weighted by Crippen LogP contribution is -2.46. The maximum absolute atomic E-state index is 12.9. The van der Waals surface area contributed by atoms with E-state index >= 15 is 0 Å². The van der Waals surface area contributed by atoms with E-state index in [1.807, 2.05) is 0 Å². The Hall–Kier alpha value is -0.630. The molecule has 152 valence electrons. The quantitative estimate of drug-likeness (QED) is 0.759. The van der Waals surface area contributed by atoms with Gasteiger partial charge in [0.05, 0.1) is 22.5 Å². The smallest absolute Gasteiger partial charge is 0.266 e. The van der Waals surface area contributed by atoms with E-state index in [0.717, 1.165) is 25.7 Å². The van der Waals surface area contributed by atoms with Gasteiger partial charge in [-0.3, -0.25) is 4.79 Å². The lowest BCUT2D eigenvalue weighted by atomic mass is 9.83. The third-order valence-electron chi connectivity index (χ3n) is 6.08. The minimum atomic E-state index is -3.36. The molecule has 9 heteroatoms. The van der Waals surface area contributed by atoms with Crippen LogP contribution in [-0.4, -0.2) is 29.5 Å². The zero-order valence-corrected chi connectivity index (χ0v) is 17.9. The molecule has 3 rings (SSSR count). The Kier molecular flexibility index (Phi) is 6.88. The second-order valence-electron chi connectivity index (χ2n) is 7.71. The number of hydrogen-bond donors (Lipinski definition) is 1. The fourth-order valence-electron chi connectivity index (χ4n) is 4.44. The van der Waals surface area contributed by atoms with Crippen molar-refractivity contribution in [3.63, 3.8) is 0 Å². The molecule has 2 atom stereocenters. The molecule has 0 spiro atoms. The molecule has 27 heavy (non-hydrogen) atoms. The lowest BCUT2D eigenvalue weighted by molar-refractivity contribution is 0.278. The fraction of sp³-hybridized carbons (Fsp3) is 0.778. The van der Waals surface area contributed by atoms with Gasteiger partial charge in [0.2, 0.25) is 10.0 Å². The van der Waals surface area contributed by atoms with Gasteiger partial charge in [-0.2, -0.15) is 5.10 Å². The lowest BCUT2D eigenvalue weighted by Gasteiger charge is -2.34. The first kappa shape index (κ1) is 21.1. The van der Waals surface area contributed by atoms with Gasteiger partial charge in [0.15, 0.2) is 0 Å². The molecule has 0 aromatic carbocycles. The number of aromatic nitrogens is 2.